The van der Waals surface area contributed by atoms with Gasteiger partial charge in [-0.2, -0.15) is 0 Å². The van der Waals surface area contributed by atoms with Gasteiger partial charge in [0.05, 0.1) is 0 Å². The van der Waals surface area contributed by atoms with Crippen molar-refractivity contribution in [1.82, 2.24) is 4.90 Å². The van der Waals surface area contributed by atoms with Gasteiger partial charge in [0, 0.05) is 13.1 Å². The zero-order chi connectivity index (χ0) is 12.5. The van der Waals surface area contributed by atoms with Gasteiger partial charge < -0.3 is 9.64 Å². The molecule has 0 unspecified atom stereocenters. The Labute approximate surface area is 106 Å². The smallest absolute Gasteiger partial charge is 0.254 e. The summed E-state index contributed by atoms with van der Waals surface area (Å²) in [6.07, 6.45) is 2.84. The van der Waals surface area contributed by atoms with Gasteiger partial charge in [0.2, 0.25) is 0 Å². The number of carbonyl (C=O) groups excluding carboxylic acids is 1. The minimum atomic E-state index is -0.353. The molecule has 18 heavy (non-hydrogen) atoms. The Morgan fingerprint density at radius 2 is 1.83 bits per heavy atom. The standard InChI is InChI=1S/C14H16FNO2/c15-11-6-4-10(5-7-11)12-13(18-12)14(17)16-8-2-1-3-9-16/h4-7,12-13H,1-3,8-9H2/t12-,13+/m0/s1. The average molecular weight is 249 g/mol. The Kier molecular flexibility index (Phi) is 3.04. The summed E-state index contributed by atoms with van der Waals surface area (Å²) in [5.74, 6) is -0.178. The molecule has 2 aliphatic heterocycles. The molecule has 2 saturated heterocycles. The lowest BCUT2D eigenvalue weighted by molar-refractivity contribution is -0.133. The van der Waals surface area contributed by atoms with Crippen LogP contribution in [0.4, 0.5) is 4.39 Å². The van der Waals surface area contributed by atoms with Crippen molar-refractivity contribution in [3.63, 3.8) is 0 Å². The number of nitrogens with zero attached hydrogens (tertiary/aromatic N) is 1. The molecule has 2 fully saturated rings. The number of benzene rings is 1. The summed E-state index contributed by atoms with van der Waals surface area (Å²) >= 11 is 0. The summed E-state index contributed by atoms with van der Waals surface area (Å²) in [5, 5.41) is 0. The van der Waals surface area contributed by atoms with Gasteiger partial charge in [0.1, 0.15) is 11.9 Å². The first-order valence-electron chi connectivity index (χ1n) is 6.45. The molecule has 3 nitrogen and oxygen atoms in total. The van der Waals surface area contributed by atoms with Crippen LogP contribution in [0.3, 0.4) is 0 Å². The molecule has 0 spiro atoms. The monoisotopic (exact) mass is 249 g/mol. The third-order valence-corrected chi connectivity index (χ3v) is 3.60. The van der Waals surface area contributed by atoms with Crippen LogP contribution in [0.1, 0.15) is 30.9 Å². The Morgan fingerprint density at radius 3 is 2.50 bits per heavy atom. The molecule has 1 aromatic rings. The van der Waals surface area contributed by atoms with E-state index in [-0.39, 0.29) is 23.9 Å². The summed E-state index contributed by atoms with van der Waals surface area (Å²) in [4.78, 5) is 14.0. The highest BCUT2D eigenvalue weighted by Gasteiger charge is 2.47. The molecule has 1 aromatic carbocycles. The molecule has 4 heteroatoms. The van der Waals surface area contributed by atoms with E-state index >= 15 is 0 Å². The van der Waals surface area contributed by atoms with Crippen LogP contribution in [0.5, 0.6) is 0 Å². The van der Waals surface area contributed by atoms with Crippen molar-refractivity contribution < 1.29 is 13.9 Å². The van der Waals surface area contributed by atoms with E-state index in [1.807, 2.05) is 4.90 Å². The lowest BCUT2D eigenvalue weighted by atomic mass is 10.1. The van der Waals surface area contributed by atoms with Crippen molar-refractivity contribution in [2.24, 2.45) is 0 Å². The third kappa shape index (κ3) is 2.25. The largest absolute Gasteiger partial charge is 0.354 e. The third-order valence-electron chi connectivity index (χ3n) is 3.60. The number of halogens is 1. The van der Waals surface area contributed by atoms with Gasteiger partial charge >= 0.3 is 0 Å². The molecular weight excluding hydrogens is 233 g/mol. The van der Waals surface area contributed by atoms with Gasteiger partial charge in [-0.05, 0) is 37.0 Å². The normalized spacial score (nSPS) is 27.1. The fraction of sp³-hybridized carbons (Fsp3) is 0.500. The van der Waals surface area contributed by atoms with Gasteiger partial charge in [-0.3, -0.25) is 4.79 Å². The van der Waals surface area contributed by atoms with Gasteiger partial charge in [0.15, 0.2) is 6.10 Å². The summed E-state index contributed by atoms with van der Waals surface area (Å²) < 4.78 is 18.2. The number of epoxide rings is 1. The van der Waals surface area contributed by atoms with Crippen LogP contribution >= 0.6 is 0 Å². The molecule has 0 aromatic heterocycles. The second-order valence-electron chi connectivity index (χ2n) is 4.91. The van der Waals surface area contributed by atoms with Crippen LogP contribution in [0.15, 0.2) is 24.3 Å². The molecule has 2 atom stereocenters. The average Bonchev–Trinajstić information content (AvgIpc) is 3.20. The van der Waals surface area contributed by atoms with Crippen LogP contribution in [-0.4, -0.2) is 30.0 Å². The minimum Gasteiger partial charge on any atom is -0.354 e. The van der Waals surface area contributed by atoms with Crippen molar-refractivity contribution in [2.75, 3.05) is 13.1 Å². The predicted molar refractivity (Wildman–Crippen MR) is 64.4 cm³/mol. The Bertz CT molecular complexity index is 440. The van der Waals surface area contributed by atoms with Crippen LogP contribution < -0.4 is 0 Å². The number of likely N-dealkylation sites (tertiary alicyclic amines) is 1. The van der Waals surface area contributed by atoms with Gasteiger partial charge in [-0.25, -0.2) is 4.39 Å². The van der Waals surface area contributed by atoms with Crippen LogP contribution in [0, 0.1) is 5.82 Å². The predicted octanol–water partition coefficient (Wildman–Crippen LogP) is 2.28. The van der Waals surface area contributed by atoms with E-state index in [1.165, 1.54) is 18.6 Å². The van der Waals surface area contributed by atoms with E-state index in [0.717, 1.165) is 31.5 Å². The number of rotatable bonds is 2. The fourth-order valence-corrected chi connectivity index (χ4v) is 2.50. The molecule has 96 valence electrons. The lowest BCUT2D eigenvalue weighted by Gasteiger charge is -2.26. The second-order valence-corrected chi connectivity index (χ2v) is 4.91. The minimum absolute atomic E-state index is 0.0871. The van der Waals surface area contributed by atoms with Crippen molar-refractivity contribution in [3.05, 3.63) is 35.6 Å². The van der Waals surface area contributed by atoms with Crippen LogP contribution in [-0.2, 0) is 9.53 Å². The first-order chi connectivity index (χ1) is 8.75. The number of hydrogen-bond acceptors (Lipinski definition) is 2. The van der Waals surface area contributed by atoms with E-state index in [4.69, 9.17) is 4.74 Å². The fourth-order valence-electron chi connectivity index (χ4n) is 2.50. The number of amides is 1. The SMILES string of the molecule is O=C([C@@H]1O[C@H]1c1ccc(F)cc1)N1CCCCC1. The molecule has 3 rings (SSSR count). The summed E-state index contributed by atoms with van der Waals surface area (Å²) in [6, 6.07) is 6.17. The van der Waals surface area contributed by atoms with E-state index in [0.29, 0.717) is 0 Å². The van der Waals surface area contributed by atoms with E-state index in [1.54, 1.807) is 12.1 Å². The Morgan fingerprint density at radius 1 is 1.17 bits per heavy atom. The number of hydrogen-bond donors (Lipinski definition) is 0. The number of piperidine rings is 1. The quantitative estimate of drug-likeness (QED) is 0.753. The molecular formula is C14H16FNO2. The molecule has 1 amide bonds. The zero-order valence-electron chi connectivity index (χ0n) is 10.1. The van der Waals surface area contributed by atoms with Crippen LogP contribution in [0.25, 0.3) is 0 Å². The number of carbonyl (C=O) groups is 1. The summed E-state index contributed by atoms with van der Waals surface area (Å²) in [5.41, 5.74) is 0.881. The maximum atomic E-state index is 12.8. The lowest BCUT2D eigenvalue weighted by Crippen LogP contribution is -2.38. The Hall–Kier alpha value is -1.42. The molecule has 2 heterocycles. The van der Waals surface area contributed by atoms with Gasteiger partial charge in [-0.15, -0.1) is 0 Å². The first kappa shape index (κ1) is 11.7. The summed E-state index contributed by atoms with van der Waals surface area (Å²) in [6.45, 7) is 1.68. The highest BCUT2D eigenvalue weighted by atomic mass is 19.1. The van der Waals surface area contributed by atoms with Gasteiger partial charge in [-0.1, -0.05) is 12.1 Å². The van der Waals surface area contributed by atoms with Gasteiger partial charge in [0.25, 0.3) is 5.91 Å². The van der Waals surface area contributed by atoms with E-state index in [2.05, 4.69) is 0 Å². The molecule has 2 aliphatic rings. The summed E-state index contributed by atoms with van der Waals surface area (Å²) in [7, 11) is 0. The molecule has 0 saturated carbocycles. The van der Waals surface area contributed by atoms with Crippen LogP contribution in [0.2, 0.25) is 0 Å². The molecule has 0 radical (unpaired) electrons. The molecule has 0 bridgehead atoms. The van der Waals surface area contributed by atoms with Crippen molar-refractivity contribution in [1.29, 1.82) is 0 Å². The highest BCUT2D eigenvalue weighted by Crippen LogP contribution is 2.40. The Balaban J connectivity index is 1.63. The van der Waals surface area contributed by atoms with Crippen molar-refractivity contribution in [2.45, 2.75) is 31.5 Å². The maximum Gasteiger partial charge on any atom is 0.254 e. The zero-order valence-corrected chi connectivity index (χ0v) is 10.1. The molecule has 0 aliphatic carbocycles. The van der Waals surface area contributed by atoms with E-state index < -0.39 is 0 Å². The van der Waals surface area contributed by atoms with Crippen molar-refractivity contribution in [3.8, 4) is 0 Å². The van der Waals surface area contributed by atoms with E-state index in [9.17, 15) is 9.18 Å². The maximum absolute atomic E-state index is 12.8. The molecule has 0 N–H and O–H groups in total. The van der Waals surface area contributed by atoms with Crippen molar-refractivity contribution >= 4 is 5.91 Å². The number of ether oxygens (including phenoxy) is 1. The topological polar surface area (TPSA) is 32.8 Å². The highest BCUT2D eigenvalue weighted by molar-refractivity contribution is 5.84. The second kappa shape index (κ2) is 4.69. The first-order valence-corrected chi connectivity index (χ1v) is 6.45.